The van der Waals surface area contributed by atoms with E-state index in [-0.39, 0.29) is 23.5 Å². The molecule has 4 aliphatic rings. The van der Waals surface area contributed by atoms with Gasteiger partial charge in [0.15, 0.2) is 12.1 Å². The third kappa shape index (κ3) is 3.78. The largest absolute Gasteiger partial charge is 0.390 e. The summed E-state index contributed by atoms with van der Waals surface area (Å²) in [6.07, 6.45) is 13.9. The topological polar surface area (TPSA) is 47.9 Å². The molecule has 4 heteroatoms. The molecule has 0 bridgehead atoms. The van der Waals surface area contributed by atoms with Crippen LogP contribution in [0.2, 0.25) is 0 Å². The Kier molecular flexibility index (Phi) is 6.09. The van der Waals surface area contributed by atoms with E-state index in [1.807, 2.05) is 6.92 Å². The van der Waals surface area contributed by atoms with Crippen molar-refractivity contribution in [2.24, 2.45) is 35.0 Å². The monoisotopic (exact) mass is 430 g/mol. The quantitative estimate of drug-likeness (QED) is 0.454. The number of fused-ring (bicyclic) bond motifs is 1. The first-order chi connectivity index (χ1) is 14.6. The minimum absolute atomic E-state index is 0.0595. The van der Waals surface area contributed by atoms with Gasteiger partial charge in [0.1, 0.15) is 0 Å². The second-order valence-electron chi connectivity index (χ2n) is 11.4. The molecule has 174 valence electrons. The van der Waals surface area contributed by atoms with E-state index in [4.69, 9.17) is 14.2 Å². The fraction of sp³-hybridized carbons (Fsp3) is 0.778. The lowest BCUT2D eigenvalue weighted by Crippen LogP contribution is -2.40. The predicted octanol–water partition coefficient (Wildman–Crippen LogP) is 5.63. The second-order valence-corrected chi connectivity index (χ2v) is 11.4. The summed E-state index contributed by atoms with van der Waals surface area (Å²) in [6, 6.07) is 0. The van der Waals surface area contributed by atoms with Gasteiger partial charge in [0.25, 0.3) is 0 Å². The van der Waals surface area contributed by atoms with E-state index in [9.17, 15) is 5.11 Å². The van der Waals surface area contributed by atoms with Gasteiger partial charge in [-0.05, 0) is 81.1 Å². The molecule has 2 saturated carbocycles. The number of rotatable bonds is 5. The lowest BCUT2D eigenvalue weighted by Gasteiger charge is -2.43. The van der Waals surface area contributed by atoms with Crippen LogP contribution in [-0.4, -0.2) is 37.0 Å². The third-order valence-electron chi connectivity index (χ3n) is 9.05. The molecule has 1 saturated heterocycles. The third-order valence-corrected chi connectivity index (χ3v) is 9.05. The van der Waals surface area contributed by atoms with Crippen molar-refractivity contribution in [1.82, 2.24) is 0 Å². The molecule has 0 amide bonds. The minimum Gasteiger partial charge on any atom is -0.390 e. The molecule has 4 nitrogen and oxygen atoms in total. The molecule has 31 heavy (non-hydrogen) atoms. The molecule has 0 aromatic rings. The SMILES string of the molecule is CO[C@H]1O[C@@]2(OC)C[C@@](C)(O)[C@H]3C[C@@]4(C)CC[C@H]([C@@H](C)/C=C/C=C(C)C)[C@@H]4C/C=C/1[C@@H]32. The molecular formula is C27H42O4. The highest BCUT2D eigenvalue weighted by Gasteiger charge is 2.68. The molecule has 0 aromatic carbocycles. The molecule has 0 spiro atoms. The first-order valence-electron chi connectivity index (χ1n) is 12.1. The van der Waals surface area contributed by atoms with Crippen LogP contribution in [0, 0.1) is 35.0 Å². The number of hydrogen-bond donors (Lipinski definition) is 1. The summed E-state index contributed by atoms with van der Waals surface area (Å²) in [4.78, 5) is 0. The van der Waals surface area contributed by atoms with Crippen molar-refractivity contribution in [3.8, 4) is 0 Å². The Labute approximate surface area is 188 Å². The van der Waals surface area contributed by atoms with Gasteiger partial charge >= 0.3 is 0 Å². The average Bonchev–Trinajstić information content (AvgIpc) is 3.23. The average molecular weight is 431 g/mol. The molecule has 3 fully saturated rings. The fourth-order valence-electron chi connectivity index (χ4n) is 7.47. The molecular weight excluding hydrogens is 388 g/mol. The standard InChI is InChI=1S/C27H42O4/c1-17(2)9-8-10-18(3)19-13-14-25(4)15-22-23-20(11-12-21(19)25)24(29-6)31-27(23,30-7)16-26(22,5)28/h8-11,18-19,21-24,28H,12-16H2,1-7H3/b10-8+,20-11+/t18-,19+,21-,22-,23-,24-,25+,26+,27-/m0/s1. The lowest BCUT2D eigenvalue weighted by molar-refractivity contribution is -0.265. The number of hydrogen-bond acceptors (Lipinski definition) is 4. The van der Waals surface area contributed by atoms with Gasteiger partial charge in [0.2, 0.25) is 0 Å². The van der Waals surface area contributed by atoms with Crippen molar-refractivity contribution >= 4 is 0 Å². The molecule has 1 heterocycles. The zero-order valence-corrected chi connectivity index (χ0v) is 20.5. The van der Waals surface area contributed by atoms with Crippen molar-refractivity contribution < 1.29 is 19.3 Å². The predicted molar refractivity (Wildman–Crippen MR) is 123 cm³/mol. The molecule has 9 atom stereocenters. The minimum atomic E-state index is -0.809. The smallest absolute Gasteiger partial charge is 0.183 e. The van der Waals surface area contributed by atoms with Crippen molar-refractivity contribution in [1.29, 1.82) is 0 Å². The van der Waals surface area contributed by atoms with E-state index in [1.165, 1.54) is 24.0 Å². The highest BCUT2D eigenvalue weighted by atomic mass is 16.8. The van der Waals surface area contributed by atoms with Crippen LogP contribution in [0.1, 0.15) is 66.7 Å². The number of allylic oxidation sites excluding steroid dienone is 5. The zero-order chi connectivity index (χ0) is 22.6. The first kappa shape index (κ1) is 23.2. The molecule has 4 rings (SSSR count). The molecule has 0 radical (unpaired) electrons. The van der Waals surface area contributed by atoms with Gasteiger partial charge in [-0.25, -0.2) is 0 Å². The van der Waals surface area contributed by atoms with Gasteiger partial charge in [-0.3, -0.25) is 0 Å². The Morgan fingerprint density at radius 3 is 2.65 bits per heavy atom. The van der Waals surface area contributed by atoms with Crippen LogP contribution in [0.4, 0.5) is 0 Å². The summed E-state index contributed by atoms with van der Waals surface area (Å²) in [6.45, 7) is 11.1. The summed E-state index contributed by atoms with van der Waals surface area (Å²) >= 11 is 0. The Bertz CT molecular complexity index is 776. The van der Waals surface area contributed by atoms with Gasteiger partial charge in [-0.2, -0.15) is 0 Å². The van der Waals surface area contributed by atoms with Crippen LogP contribution in [-0.2, 0) is 14.2 Å². The fourth-order valence-corrected chi connectivity index (χ4v) is 7.47. The maximum atomic E-state index is 11.5. The summed E-state index contributed by atoms with van der Waals surface area (Å²) in [5.41, 5.74) is 1.93. The van der Waals surface area contributed by atoms with Crippen LogP contribution in [0.15, 0.2) is 35.5 Å². The van der Waals surface area contributed by atoms with Crippen molar-refractivity contribution in [2.75, 3.05) is 14.2 Å². The second kappa shape index (κ2) is 8.13. The number of methoxy groups -OCH3 is 2. The zero-order valence-electron chi connectivity index (χ0n) is 20.5. The van der Waals surface area contributed by atoms with Gasteiger partial charge in [-0.1, -0.05) is 43.7 Å². The molecule has 0 aromatic heterocycles. The highest BCUT2D eigenvalue weighted by molar-refractivity contribution is 5.28. The van der Waals surface area contributed by atoms with E-state index < -0.39 is 11.4 Å². The molecule has 3 aliphatic carbocycles. The molecule has 1 N–H and O–H groups in total. The van der Waals surface area contributed by atoms with Gasteiger partial charge < -0.3 is 19.3 Å². The molecule has 0 unspecified atom stereocenters. The van der Waals surface area contributed by atoms with E-state index >= 15 is 0 Å². The van der Waals surface area contributed by atoms with Crippen molar-refractivity contribution in [2.45, 2.75) is 84.4 Å². The Morgan fingerprint density at radius 2 is 2.00 bits per heavy atom. The van der Waals surface area contributed by atoms with E-state index in [2.05, 4.69) is 52.0 Å². The molecule has 1 aliphatic heterocycles. The summed E-state index contributed by atoms with van der Waals surface area (Å²) in [5.74, 6) is 1.19. The van der Waals surface area contributed by atoms with Crippen LogP contribution in [0.5, 0.6) is 0 Å². The summed E-state index contributed by atoms with van der Waals surface area (Å²) in [5, 5.41) is 11.5. The maximum absolute atomic E-state index is 11.5. The van der Waals surface area contributed by atoms with Crippen LogP contribution < -0.4 is 0 Å². The van der Waals surface area contributed by atoms with Crippen LogP contribution in [0.3, 0.4) is 0 Å². The lowest BCUT2D eigenvalue weighted by atomic mass is 9.62. The van der Waals surface area contributed by atoms with Crippen LogP contribution in [0.25, 0.3) is 0 Å². The highest BCUT2D eigenvalue weighted by Crippen LogP contribution is 2.65. The van der Waals surface area contributed by atoms with E-state index in [0.717, 1.165) is 12.8 Å². The number of aliphatic hydroxyl groups is 1. The summed E-state index contributed by atoms with van der Waals surface area (Å²) < 4.78 is 18.1. The van der Waals surface area contributed by atoms with Gasteiger partial charge in [0, 0.05) is 26.6 Å². The van der Waals surface area contributed by atoms with E-state index in [0.29, 0.717) is 24.2 Å². The van der Waals surface area contributed by atoms with Crippen molar-refractivity contribution in [3.05, 3.63) is 35.5 Å². The Balaban J connectivity index is 1.69. The number of ether oxygens (including phenoxy) is 3. The van der Waals surface area contributed by atoms with Gasteiger partial charge in [0.05, 0.1) is 5.60 Å². The normalized spacial score (nSPS) is 49.2. The van der Waals surface area contributed by atoms with Crippen molar-refractivity contribution in [3.63, 3.8) is 0 Å². The summed E-state index contributed by atoms with van der Waals surface area (Å²) in [7, 11) is 3.42. The van der Waals surface area contributed by atoms with E-state index in [1.54, 1.807) is 14.2 Å². The Hall–Kier alpha value is -0.940. The van der Waals surface area contributed by atoms with Gasteiger partial charge in [-0.15, -0.1) is 0 Å². The maximum Gasteiger partial charge on any atom is 0.183 e. The first-order valence-corrected chi connectivity index (χ1v) is 12.1. The van der Waals surface area contributed by atoms with Crippen LogP contribution >= 0.6 is 0 Å². The Morgan fingerprint density at radius 1 is 1.26 bits per heavy atom.